The third kappa shape index (κ3) is 6.10. The van der Waals surface area contributed by atoms with Crippen LogP contribution in [0.1, 0.15) is 11.1 Å². The summed E-state index contributed by atoms with van der Waals surface area (Å²) >= 11 is 0. The van der Waals surface area contributed by atoms with Crippen LogP contribution in [0.5, 0.6) is 0 Å². The fourth-order valence-corrected chi connectivity index (χ4v) is 2.97. The van der Waals surface area contributed by atoms with Gasteiger partial charge in [-0.2, -0.15) is 0 Å². The smallest absolute Gasteiger partial charge is 0.171 e. The molecule has 1 N–H and O–H groups in total. The highest BCUT2D eigenvalue weighted by Gasteiger charge is 2.09. The van der Waals surface area contributed by atoms with E-state index in [0.717, 1.165) is 17.2 Å². The number of carbonyl (C=O) groups excluding carboxylic acids is 1. The maximum atomic E-state index is 12.1. The SMILES string of the molecule is Cc1ccc([S@@](=O)CC(=O)/C=C(\O)COCc2ccccc2)cc1. The van der Waals surface area contributed by atoms with Gasteiger partial charge in [0.2, 0.25) is 0 Å². The largest absolute Gasteiger partial charge is 0.510 e. The van der Waals surface area contributed by atoms with Crippen molar-refractivity contribution in [1.82, 2.24) is 0 Å². The first kappa shape index (κ1) is 18.1. The van der Waals surface area contributed by atoms with Crippen molar-refractivity contribution in [1.29, 1.82) is 0 Å². The van der Waals surface area contributed by atoms with Crippen molar-refractivity contribution >= 4 is 16.6 Å². The maximum absolute atomic E-state index is 12.1. The van der Waals surface area contributed by atoms with Crippen molar-refractivity contribution in [3.05, 3.63) is 77.6 Å². The zero-order valence-corrected chi connectivity index (χ0v) is 14.3. The number of aryl methyl sites for hydroxylation is 1. The minimum absolute atomic E-state index is 0.0577. The molecule has 126 valence electrons. The van der Waals surface area contributed by atoms with Gasteiger partial charge in [0.1, 0.15) is 12.4 Å². The molecule has 0 fully saturated rings. The number of benzene rings is 2. The lowest BCUT2D eigenvalue weighted by Gasteiger charge is -2.04. The van der Waals surface area contributed by atoms with E-state index in [-0.39, 0.29) is 18.1 Å². The lowest BCUT2D eigenvalue weighted by Crippen LogP contribution is -2.10. The van der Waals surface area contributed by atoms with Gasteiger partial charge in [0.15, 0.2) is 5.78 Å². The molecule has 2 rings (SSSR count). The van der Waals surface area contributed by atoms with E-state index in [9.17, 15) is 14.1 Å². The molecule has 0 heterocycles. The van der Waals surface area contributed by atoms with Crippen LogP contribution in [0, 0.1) is 6.92 Å². The summed E-state index contributed by atoms with van der Waals surface area (Å²) in [5.41, 5.74) is 2.05. The molecule has 0 aliphatic rings. The van der Waals surface area contributed by atoms with Gasteiger partial charge >= 0.3 is 0 Å². The summed E-state index contributed by atoms with van der Waals surface area (Å²) in [5, 5.41) is 9.73. The fraction of sp³-hybridized carbons (Fsp3) is 0.211. The second-order valence-corrected chi connectivity index (χ2v) is 6.83. The Balaban J connectivity index is 1.80. The highest BCUT2D eigenvalue weighted by atomic mass is 32.2. The van der Waals surface area contributed by atoms with Crippen LogP contribution in [-0.4, -0.2) is 27.5 Å². The first-order chi connectivity index (χ1) is 11.5. The third-order valence-corrected chi connectivity index (χ3v) is 4.59. The zero-order valence-electron chi connectivity index (χ0n) is 13.5. The molecule has 2 aromatic carbocycles. The second-order valence-electron chi connectivity index (χ2n) is 5.38. The highest BCUT2D eigenvalue weighted by Crippen LogP contribution is 2.09. The molecule has 0 saturated carbocycles. The number of aliphatic hydroxyl groups excluding tert-OH is 1. The predicted octanol–water partition coefficient (Wildman–Crippen LogP) is 3.33. The first-order valence-corrected chi connectivity index (χ1v) is 8.85. The molecular formula is C19H20O4S. The van der Waals surface area contributed by atoms with E-state index in [1.165, 1.54) is 0 Å². The number of hydrogen-bond acceptors (Lipinski definition) is 4. The Morgan fingerprint density at radius 2 is 1.79 bits per heavy atom. The summed E-state index contributed by atoms with van der Waals surface area (Å²) in [7, 11) is -1.42. The molecule has 0 aliphatic heterocycles. The first-order valence-electron chi connectivity index (χ1n) is 7.53. The van der Waals surface area contributed by atoms with E-state index in [1.807, 2.05) is 49.4 Å². The molecule has 2 aromatic rings. The Morgan fingerprint density at radius 1 is 1.12 bits per heavy atom. The van der Waals surface area contributed by atoms with E-state index in [4.69, 9.17) is 4.74 Å². The van der Waals surface area contributed by atoms with Crippen LogP contribution in [-0.2, 0) is 26.9 Å². The fourth-order valence-electron chi connectivity index (χ4n) is 2.02. The van der Waals surface area contributed by atoms with Crippen LogP contribution < -0.4 is 0 Å². The molecule has 0 amide bonds. The molecule has 0 saturated heterocycles. The molecule has 4 nitrogen and oxygen atoms in total. The highest BCUT2D eigenvalue weighted by molar-refractivity contribution is 7.85. The Hall–Kier alpha value is -2.24. The van der Waals surface area contributed by atoms with Crippen LogP contribution in [0.15, 0.2) is 71.3 Å². The number of allylic oxidation sites excluding steroid dienone is 1. The van der Waals surface area contributed by atoms with Gasteiger partial charge in [-0.3, -0.25) is 9.00 Å². The van der Waals surface area contributed by atoms with Gasteiger partial charge in [-0.25, -0.2) is 0 Å². The van der Waals surface area contributed by atoms with Crippen molar-refractivity contribution in [2.24, 2.45) is 0 Å². The Bertz CT molecular complexity index is 721. The number of hydrogen-bond donors (Lipinski definition) is 1. The number of ketones is 1. The third-order valence-electron chi connectivity index (χ3n) is 3.25. The molecule has 5 heteroatoms. The lowest BCUT2D eigenvalue weighted by atomic mass is 10.2. The van der Waals surface area contributed by atoms with Crippen molar-refractivity contribution in [3.63, 3.8) is 0 Å². The average Bonchev–Trinajstić information content (AvgIpc) is 2.56. The topological polar surface area (TPSA) is 63.6 Å². The Labute approximate surface area is 144 Å². The van der Waals surface area contributed by atoms with Crippen LogP contribution in [0.2, 0.25) is 0 Å². The van der Waals surface area contributed by atoms with Crippen molar-refractivity contribution in [3.8, 4) is 0 Å². The lowest BCUT2D eigenvalue weighted by molar-refractivity contribution is -0.112. The van der Waals surface area contributed by atoms with E-state index >= 15 is 0 Å². The summed E-state index contributed by atoms with van der Waals surface area (Å²) in [6.45, 7) is 2.23. The number of aliphatic hydroxyl groups is 1. The summed E-state index contributed by atoms with van der Waals surface area (Å²) < 4.78 is 17.4. The van der Waals surface area contributed by atoms with Gasteiger partial charge in [-0.05, 0) is 24.6 Å². The second kappa shape index (κ2) is 9.15. The monoisotopic (exact) mass is 344 g/mol. The molecule has 24 heavy (non-hydrogen) atoms. The van der Waals surface area contributed by atoms with Gasteiger partial charge < -0.3 is 9.84 Å². The maximum Gasteiger partial charge on any atom is 0.171 e. The van der Waals surface area contributed by atoms with E-state index in [2.05, 4.69) is 0 Å². The summed E-state index contributed by atoms with van der Waals surface area (Å²) in [6, 6.07) is 16.7. The Kier molecular flexibility index (Phi) is 6.90. The minimum atomic E-state index is -1.42. The van der Waals surface area contributed by atoms with E-state index in [1.54, 1.807) is 12.1 Å². The van der Waals surface area contributed by atoms with Crippen LogP contribution in [0.4, 0.5) is 0 Å². The van der Waals surface area contributed by atoms with Crippen molar-refractivity contribution in [2.75, 3.05) is 12.4 Å². The molecule has 0 bridgehead atoms. The minimum Gasteiger partial charge on any atom is -0.510 e. The van der Waals surface area contributed by atoms with Gasteiger partial charge in [-0.15, -0.1) is 0 Å². The van der Waals surface area contributed by atoms with Gasteiger partial charge in [-0.1, -0.05) is 48.0 Å². The molecular weight excluding hydrogens is 324 g/mol. The van der Waals surface area contributed by atoms with Crippen molar-refractivity contribution in [2.45, 2.75) is 18.4 Å². The molecule has 0 radical (unpaired) electrons. The zero-order chi connectivity index (χ0) is 17.4. The van der Waals surface area contributed by atoms with Gasteiger partial charge in [0.05, 0.1) is 23.2 Å². The molecule has 1 atom stereocenters. The number of rotatable bonds is 8. The van der Waals surface area contributed by atoms with Crippen LogP contribution >= 0.6 is 0 Å². The molecule has 0 aromatic heterocycles. The van der Waals surface area contributed by atoms with Gasteiger partial charge in [0, 0.05) is 11.0 Å². The van der Waals surface area contributed by atoms with Crippen LogP contribution in [0.3, 0.4) is 0 Å². The Morgan fingerprint density at radius 3 is 2.46 bits per heavy atom. The standard InChI is InChI=1S/C19H20O4S/c1-15-7-9-19(10-8-15)24(22)14-18(21)11-17(20)13-23-12-16-5-3-2-4-6-16/h2-11,20H,12-14H2,1H3/b17-11-/t24-/m0/s1. The molecule has 0 aliphatic carbocycles. The van der Waals surface area contributed by atoms with Crippen LogP contribution in [0.25, 0.3) is 0 Å². The number of carbonyl (C=O) groups is 1. The summed E-state index contributed by atoms with van der Waals surface area (Å²) in [5.74, 6) is -0.724. The predicted molar refractivity (Wildman–Crippen MR) is 94.3 cm³/mol. The normalized spacial score (nSPS) is 12.8. The summed E-state index contributed by atoms with van der Waals surface area (Å²) in [6.07, 6.45) is 1.08. The van der Waals surface area contributed by atoms with E-state index in [0.29, 0.717) is 11.5 Å². The molecule has 0 unspecified atom stereocenters. The number of ether oxygens (including phenoxy) is 1. The average molecular weight is 344 g/mol. The molecule has 0 spiro atoms. The van der Waals surface area contributed by atoms with Gasteiger partial charge in [0.25, 0.3) is 0 Å². The quantitative estimate of drug-likeness (QED) is 0.589. The van der Waals surface area contributed by atoms with E-state index < -0.39 is 16.6 Å². The summed E-state index contributed by atoms with van der Waals surface area (Å²) in [4.78, 5) is 12.5. The van der Waals surface area contributed by atoms with Crippen molar-refractivity contribution < 1.29 is 18.8 Å².